The van der Waals surface area contributed by atoms with Crippen molar-refractivity contribution in [3.63, 3.8) is 0 Å². The lowest BCUT2D eigenvalue weighted by atomic mass is 10.1. The molecular formula is C14H20ClN5O. The molecule has 0 spiro atoms. The van der Waals surface area contributed by atoms with Crippen molar-refractivity contribution >= 4 is 11.6 Å². The molecule has 1 N–H and O–H groups in total. The van der Waals surface area contributed by atoms with E-state index in [0.717, 1.165) is 24.4 Å². The summed E-state index contributed by atoms with van der Waals surface area (Å²) in [5, 5.41) is 8.42. The van der Waals surface area contributed by atoms with E-state index in [1.807, 2.05) is 10.7 Å². The summed E-state index contributed by atoms with van der Waals surface area (Å²) in [4.78, 5) is 8.32. The molecule has 0 amide bonds. The Bertz CT molecular complexity index is 546. The first-order valence-electron chi connectivity index (χ1n) is 6.97. The normalized spacial score (nSPS) is 12.5. The lowest BCUT2D eigenvalue weighted by Gasteiger charge is -2.20. The third kappa shape index (κ3) is 4.00. The van der Waals surface area contributed by atoms with Crippen LogP contribution < -0.4 is 5.32 Å². The molecular weight excluding hydrogens is 290 g/mol. The van der Waals surface area contributed by atoms with Crippen LogP contribution in [0.3, 0.4) is 0 Å². The SMILES string of the molecule is CCCNC(c1ccncn1)c1c(Cl)cnn1CCOC. The van der Waals surface area contributed by atoms with E-state index in [0.29, 0.717) is 18.2 Å². The van der Waals surface area contributed by atoms with Crippen molar-refractivity contribution in [1.29, 1.82) is 0 Å². The molecule has 2 aromatic rings. The van der Waals surface area contributed by atoms with Crippen molar-refractivity contribution in [3.05, 3.63) is 41.2 Å². The molecule has 1 unspecified atom stereocenters. The Morgan fingerprint density at radius 3 is 3.00 bits per heavy atom. The Morgan fingerprint density at radius 1 is 1.48 bits per heavy atom. The van der Waals surface area contributed by atoms with Gasteiger partial charge in [0.15, 0.2) is 0 Å². The van der Waals surface area contributed by atoms with Crippen LogP contribution in [-0.4, -0.2) is 40.0 Å². The van der Waals surface area contributed by atoms with Crippen molar-refractivity contribution in [2.45, 2.75) is 25.9 Å². The number of aromatic nitrogens is 4. The van der Waals surface area contributed by atoms with E-state index in [9.17, 15) is 0 Å². The number of rotatable bonds is 8. The van der Waals surface area contributed by atoms with E-state index in [1.165, 1.54) is 0 Å². The first-order valence-corrected chi connectivity index (χ1v) is 7.35. The maximum atomic E-state index is 6.34. The molecule has 114 valence electrons. The number of hydrogen-bond donors (Lipinski definition) is 1. The van der Waals surface area contributed by atoms with Crippen LogP contribution in [0.5, 0.6) is 0 Å². The van der Waals surface area contributed by atoms with E-state index < -0.39 is 0 Å². The first kappa shape index (κ1) is 15.9. The Kier molecular flexibility index (Phi) is 6.10. The minimum Gasteiger partial charge on any atom is -0.383 e. The number of ether oxygens (including phenoxy) is 1. The van der Waals surface area contributed by atoms with Crippen LogP contribution >= 0.6 is 11.6 Å². The fourth-order valence-electron chi connectivity index (χ4n) is 2.12. The average Bonchev–Trinajstić information content (AvgIpc) is 2.88. The summed E-state index contributed by atoms with van der Waals surface area (Å²) >= 11 is 6.34. The highest BCUT2D eigenvalue weighted by Crippen LogP contribution is 2.27. The van der Waals surface area contributed by atoms with Gasteiger partial charge in [-0.1, -0.05) is 18.5 Å². The summed E-state index contributed by atoms with van der Waals surface area (Å²) < 4.78 is 6.99. The fourth-order valence-corrected chi connectivity index (χ4v) is 2.37. The molecule has 21 heavy (non-hydrogen) atoms. The van der Waals surface area contributed by atoms with Crippen LogP contribution in [0.25, 0.3) is 0 Å². The zero-order chi connectivity index (χ0) is 15.1. The molecule has 0 saturated carbocycles. The maximum Gasteiger partial charge on any atom is 0.115 e. The number of hydrogen-bond acceptors (Lipinski definition) is 5. The van der Waals surface area contributed by atoms with Crippen LogP contribution in [0.1, 0.15) is 30.8 Å². The van der Waals surface area contributed by atoms with Gasteiger partial charge in [0.2, 0.25) is 0 Å². The minimum atomic E-state index is -0.111. The lowest BCUT2D eigenvalue weighted by Crippen LogP contribution is -2.27. The van der Waals surface area contributed by atoms with Crippen molar-refractivity contribution < 1.29 is 4.74 Å². The van der Waals surface area contributed by atoms with Gasteiger partial charge in [0.1, 0.15) is 6.33 Å². The van der Waals surface area contributed by atoms with Crippen LogP contribution in [0.15, 0.2) is 24.8 Å². The molecule has 2 aromatic heterocycles. The molecule has 6 nitrogen and oxygen atoms in total. The molecule has 2 heterocycles. The molecule has 0 aliphatic carbocycles. The average molecular weight is 310 g/mol. The van der Waals surface area contributed by atoms with E-state index in [2.05, 4.69) is 27.3 Å². The Balaban J connectivity index is 2.34. The summed E-state index contributed by atoms with van der Waals surface area (Å²) in [5.41, 5.74) is 1.78. The lowest BCUT2D eigenvalue weighted by molar-refractivity contribution is 0.182. The third-order valence-corrected chi connectivity index (χ3v) is 3.40. The van der Waals surface area contributed by atoms with Crippen LogP contribution in [-0.2, 0) is 11.3 Å². The number of nitrogens with one attached hydrogen (secondary N) is 1. The van der Waals surface area contributed by atoms with Gasteiger partial charge in [0.25, 0.3) is 0 Å². The summed E-state index contributed by atoms with van der Waals surface area (Å²) in [5.74, 6) is 0. The highest BCUT2D eigenvalue weighted by Gasteiger charge is 2.22. The molecule has 0 aliphatic rings. The maximum absolute atomic E-state index is 6.34. The van der Waals surface area contributed by atoms with Gasteiger partial charge in [-0.25, -0.2) is 9.97 Å². The largest absolute Gasteiger partial charge is 0.383 e. The second-order valence-electron chi connectivity index (χ2n) is 4.62. The van der Waals surface area contributed by atoms with Crippen molar-refractivity contribution in [3.8, 4) is 0 Å². The molecule has 0 fully saturated rings. The zero-order valence-electron chi connectivity index (χ0n) is 12.3. The monoisotopic (exact) mass is 309 g/mol. The van der Waals surface area contributed by atoms with Crippen molar-refractivity contribution in [1.82, 2.24) is 25.1 Å². The van der Waals surface area contributed by atoms with E-state index in [4.69, 9.17) is 16.3 Å². The Labute approximate surface area is 129 Å². The van der Waals surface area contributed by atoms with Gasteiger partial charge >= 0.3 is 0 Å². The predicted octanol–water partition coefficient (Wildman–Crippen LogP) is 2.06. The molecule has 2 rings (SSSR count). The molecule has 1 atom stereocenters. The molecule has 0 aromatic carbocycles. The van der Waals surface area contributed by atoms with Gasteiger partial charge in [-0.3, -0.25) is 4.68 Å². The van der Waals surface area contributed by atoms with Crippen LogP contribution in [0.2, 0.25) is 5.02 Å². The second kappa shape index (κ2) is 8.07. The van der Waals surface area contributed by atoms with Gasteiger partial charge in [-0.15, -0.1) is 0 Å². The quantitative estimate of drug-likeness (QED) is 0.808. The first-order chi connectivity index (χ1) is 10.3. The van der Waals surface area contributed by atoms with Crippen LogP contribution in [0.4, 0.5) is 0 Å². The fraction of sp³-hybridized carbons (Fsp3) is 0.500. The molecule has 0 radical (unpaired) electrons. The van der Waals surface area contributed by atoms with Crippen molar-refractivity contribution in [2.75, 3.05) is 20.3 Å². The Hall–Kier alpha value is -1.50. The zero-order valence-corrected chi connectivity index (χ0v) is 13.0. The smallest absolute Gasteiger partial charge is 0.115 e. The minimum absolute atomic E-state index is 0.111. The molecule has 0 aliphatic heterocycles. The topological polar surface area (TPSA) is 64.9 Å². The van der Waals surface area contributed by atoms with E-state index in [-0.39, 0.29) is 6.04 Å². The van der Waals surface area contributed by atoms with Gasteiger partial charge in [-0.05, 0) is 19.0 Å². The van der Waals surface area contributed by atoms with E-state index >= 15 is 0 Å². The summed E-state index contributed by atoms with van der Waals surface area (Å²) in [6.07, 6.45) is 5.95. The van der Waals surface area contributed by atoms with Gasteiger partial charge < -0.3 is 10.1 Å². The predicted molar refractivity (Wildman–Crippen MR) is 81.3 cm³/mol. The number of methoxy groups -OCH3 is 1. The summed E-state index contributed by atoms with van der Waals surface area (Å²) in [6, 6.07) is 1.77. The Morgan fingerprint density at radius 2 is 2.33 bits per heavy atom. The second-order valence-corrected chi connectivity index (χ2v) is 5.02. The third-order valence-electron chi connectivity index (χ3n) is 3.11. The highest BCUT2D eigenvalue weighted by atomic mass is 35.5. The highest BCUT2D eigenvalue weighted by molar-refractivity contribution is 6.31. The van der Waals surface area contributed by atoms with E-state index in [1.54, 1.807) is 25.8 Å². The van der Waals surface area contributed by atoms with Gasteiger partial charge in [0.05, 0.1) is 41.8 Å². The summed E-state index contributed by atoms with van der Waals surface area (Å²) in [7, 11) is 1.67. The van der Waals surface area contributed by atoms with Crippen LogP contribution in [0, 0.1) is 0 Å². The molecule has 7 heteroatoms. The van der Waals surface area contributed by atoms with Gasteiger partial charge in [-0.2, -0.15) is 5.10 Å². The molecule has 0 saturated heterocycles. The number of nitrogens with zero attached hydrogens (tertiary/aromatic N) is 4. The molecule has 0 bridgehead atoms. The summed E-state index contributed by atoms with van der Waals surface area (Å²) in [6.45, 7) is 4.21. The van der Waals surface area contributed by atoms with Crippen molar-refractivity contribution in [2.24, 2.45) is 0 Å². The number of halogens is 1. The van der Waals surface area contributed by atoms with Gasteiger partial charge in [0, 0.05) is 13.3 Å². The standard InChI is InChI=1S/C14H20ClN5O/c1-3-5-17-13(12-4-6-16-10-18-12)14-11(15)9-19-20(14)7-8-21-2/h4,6,9-10,13,17H,3,5,7-8H2,1-2H3.